The van der Waals surface area contributed by atoms with Crippen molar-refractivity contribution < 1.29 is 14.7 Å². The van der Waals surface area contributed by atoms with Crippen LogP contribution >= 0.6 is 0 Å². The van der Waals surface area contributed by atoms with Gasteiger partial charge in [0.15, 0.2) is 5.78 Å². The van der Waals surface area contributed by atoms with E-state index < -0.39 is 0 Å². The molecular weight excluding hydrogens is 292 g/mol. The Labute approximate surface area is 136 Å². The fourth-order valence-electron chi connectivity index (χ4n) is 2.53. The molecule has 0 fully saturated rings. The summed E-state index contributed by atoms with van der Waals surface area (Å²) in [4.78, 5) is 29.2. The fraction of sp³-hybridized carbons (Fsp3) is 0.389. The van der Waals surface area contributed by atoms with Crippen LogP contribution in [0.25, 0.3) is 0 Å². The van der Waals surface area contributed by atoms with Gasteiger partial charge in [0, 0.05) is 38.7 Å². The summed E-state index contributed by atoms with van der Waals surface area (Å²) in [6.45, 7) is 5.41. The van der Waals surface area contributed by atoms with Gasteiger partial charge in [-0.05, 0) is 29.7 Å². The molecule has 0 radical (unpaired) electrons. The summed E-state index contributed by atoms with van der Waals surface area (Å²) >= 11 is 0. The normalized spacial score (nSPS) is 17.7. The molecule has 1 N–H and O–H groups in total. The van der Waals surface area contributed by atoms with Crippen molar-refractivity contribution in [2.24, 2.45) is 10.4 Å². The standard InChI is InChI=1S/C18H22N2O3/c1-12(21)20(4)14-7-5-13(6-8-14)19-11-15-16(22)9-18(2,3)10-17(15)23/h5-8,11,22H,9-10H2,1-4H3. The molecule has 0 bridgehead atoms. The van der Waals surface area contributed by atoms with E-state index in [-0.39, 0.29) is 28.4 Å². The van der Waals surface area contributed by atoms with Crippen LogP contribution in [0, 0.1) is 5.41 Å². The Bertz CT molecular complexity index is 685. The topological polar surface area (TPSA) is 70.0 Å². The van der Waals surface area contributed by atoms with Crippen molar-refractivity contribution in [3.8, 4) is 0 Å². The highest BCUT2D eigenvalue weighted by Crippen LogP contribution is 2.35. The van der Waals surface area contributed by atoms with Crippen LogP contribution in [0.1, 0.15) is 33.6 Å². The van der Waals surface area contributed by atoms with Crippen molar-refractivity contribution in [2.75, 3.05) is 11.9 Å². The molecule has 0 heterocycles. The summed E-state index contributed by atoms with van der Waals surface area (Å²) in [5.41, 5.74) is 1.50. The Morgan fingerprint density at radius 1 is 1.26 bits per heavy atom. The van der Waals surface area contributed by atoms with Gasteiger partial charge in [0.1, 0.15) is 5.76 Å². The molecule has 0 aliphatic heterocycles. The van der Waals surface area contributed by atoms with E-state index in [0.29, 0.717) is 18.5 Å². The summed E-state index contributed by atoms with van der Waals surface area (Å²) in [5.74, 6) is -0.0369. The van der Waals surface area contributed by atoms with Gasteiger partial charge in [-0.2, -0.15) is 0 Å². The van der Waals surface area contributed by atoms with Crippen molar-refractivity contribution >= 4 is 29.3 Å². The quantitative estimate of drug-likeness (QED) is 0.867. The van der Waals surface area contributed by atoms with Gasteiger partial charge in [-0.1, -0.05) is 13.8 Å². The predicted octanol–water partition coefficient (Wildman–Crippen LogP) is 3.57. The van der Waals surface area contributed by atoms with Gasteiger partial charge in [-0.15, -0.1) is 0 Å². The zero-order valence-electron chi connectivity index (χ0n) is 14.0. The van der Waals surface area contributed by atoms with Gasteiger partial charge in [-0.3, -0.25) is 14.6 Å². The number of rotatable bonds is 3. The Morgan fingerprint density at radius 2 is 1.87 bits per heavy atom. The lowest BCUT2D eigenvalue weighted by molar-refractivity contribution is -0.118. The molecule has 0 unspecified atom stereocenters. The van der Waals surface area contributed by atoms with Gasteiger partial charge >= 0.3 is 0 Å². The SMILES string of the molecule is CC(=O)N(C)c1ccc(N=CC2=C(O)CC(C)(C)CC2=O)cc1. The molecule has 1 aromatic carbocycles. The Hall–Kier alpha value is -2.43. The van der Waals surface area contributed by atoms with E-state index in [4.69, 9.17) is 0 Å². The number of aliphatic hydroxyl groups excluding tert-OH is 1. The Balaban J connectivity index is 2.17. The first-order valence-electron chi connectivity index (χ1n) is 7.53. The van der Waals surface area contributed by atoms with E-state index in [1.54, 1.807) is 31.3 Å². The van der Waals surface area contributed by atoms with Crippen molar-refractivity contribution in [1.29, 1.82) is 0 Å². The summed E-state index contributed by atoms with van der Waals surface area (Å²) in [6.07, 6.45) is 2.31. The van der Waals surface area contributed by atoms with Crippen LogP contribution < -0.4 is 4.90 Å². The van der Waals surface area contributed by atoms with Crippen LogP contribution in [0.15, 0.2) is 40.6 Å². The Morgan fingerprint density at radius 3 is 2.39 bits per heavy atom. The smallest absolute Gasteiger partial charge is 0.223 e. The molecule has 0 atom stereocenters. The zero-order valence-corrected chi connectivity index (χ0v) is 14.0. The number of aliphatic hydroxyl groups is 1. The highest BCUT2D eigenvalue weighted by atomic mass is 16.3. The van der Waals surface area contributed by atoms with Gasteiger partial charge in [0.05, 0.1) is 11.3 Å². The fourth-order valence-corrected chi connectivity index (χ4v) is 2.53. The summed E-state index contributed by atoms with van der Waals surface area (Å²) in [6, 6.07) is 7.10. The molecule has 1 aliphatic rings. The van der Waals surface area contributed by atoms with Crippen LogP contribution in [0.2, 0.25) is 0 Å². The number of benzene rings is 1. The van der Waals surface area contributed by atoms with E-state index in [1.165, 1.54) is 18.0 Å². The average Bonchev–Trinajstić information content (AvgIpc) is 2.45. The highest BCUT2D eigenvalue weighted by Gasteiger charge is 2.32. The third-order valence-corrected chi connectivity index (χ3v) is 3.95. The minimum Gasteiger partial charge on any atom is -0.511 e. The van der Waals surface area contributed by atoms with Crippen LogP contribution in [-0.2, 0) is 9.59 Å². The van der Waals surface area contributed by atoms with Crippen molar-refractivity contribution in [3.63, 3.8) is 0 Å². The first kappa shape index (κ1) is 16.9. The van der Waals surface area contributed by atoms with Crippen molar-refractivity contribution in [3.05, 3.63) is 35.6 Å². The number of ketones is 1. The number of nitrogens with zero attached hydrogens (tertiary/aromatic N) is 2. The highest BCUT2D eigenvalue weighted by molar-refractivity contribution is 6.14. The van der Waals surface area contributed by atoms with E-state index >= 15 is 0 Å². The van der Waals surface area contributed by atoms with E-state index in [1.807, 2.05) is 13.8 Å². The number of hydrogen-bond acceptors (Lipinski definition) is 4. The second kappa shape index (κ2) is 6.36. The second-order valence-electron chi connectivity index (χ2n) is 6.65. The monoisotopic (exact) mass is 314 g/mol. The maximum Gasteiger partial charge on any atom is 0.223 e. The van der Waals surface area contributed by atoms with Crippen LogP contribution in [0.3, 0.4) is 0 Å². The molecule has 2 rings (SSSR count). The number of hydrogen-bond donors (Lipinski definition) is 1. The number of carbonyl (C=O) groups excluding carboxylic acids is 2. The molecule has 0 saturated carbocycles. The molecule has 5 heteroatoms. The maximum absolute atomic E-state index is 12.1. The largest absolute Gasteiger partial charge is 0.511 e. The van der Waals surface area contributed by atoms with Crippen LogP contribution in [0.4, 0.5) is 11.4 Å². The van der Waals surface area contributed by atoms with Crippen molar-refractivity contribution in [2.45, 2.75) is 33.6 Å². The molecule has 122 valence electrons. The van der Waals surface area contributed by atoms with Gasteiger partial charge in [0.2, 0.25) is 5.91 Å². The molecule has 23 heavy (non-hydrogen) atoms. The summed E-state index contributed by atoms with van der Waals surface area (Å²) < 4.78 is 0. The molecular formula is C18H22N2O3. The van der Waals surface area contributed by atoms with E-state index in [0.717, 1.165) is 5.69 Å². The lowest BCUT2D eigenvalue weighted by atomic mass is 9.77. The maximum atomic E-state index is 12.1. The predicted molar refractivity (Wildman–Crippen MR) is 91.4 cm³/mol. The zero-order chi connectivity index (χ0) is 17.2. The van der Waals surface area contributed by atoms with E-state index in [2.05, 4.69) is 4.99 Å². The summed E-state index contributed by atoms with van der Waals surface area (Å²) in [7, 11) is 1.70. The minimum absolute atomic E-state index is 0.0493. The molecule has 1 aliphatic carbocycles. The average molecular weight is 314 g/mol. The van der Waals surface area contributed by atoms with E-state index in [9.17, 15) is 14.7 Å². The van der Waals surface area contributed by atoms with Crippen molar-refractivity contribution in [1.82, 2.24) is 0 Å². The third-order valence-electron chi connectivity index (χ3n) is 3.95. The number of carbonyl (C=O) groups is 2. The number of Topliss-reactive ketones (excluding diaryl/α,β-unsaturated/α-hetero) is 1. The molecule has 0 aromatic heterocycles. The number of amides is 1. The van der Waals surface area contributed by atoms with Gasteiger partial charge < -0.3 is 10.0 Å². The first-order chi connectivity index (χ1) is 10.7. The lowest BCUT2D eigenvalue weighted by Gasteiger charge is -2.28. The Kier molecular flexibility index (Phi) is 4.68. The first-order valence-corrected chi connectivity index (χ1v) is 7.53. The van der Waals surface area contributed by atoms with Gasteiger partial charge in [-0.25, -0.2) is 0 Å². The minimum atomic E-state index is -0.211. The molecule has 0 saturated heterocycles. The molecule has 1 amide bonds. The number of aliphatic imine (C=N–C) groups is 1. The number of anilines is 1. The summed E-state index contributed by atoms with van der Waals surface area (Å²) in [5, 5.41) is 10.1. The lowest BCUT2D eigenvalue weighted by Crippen LogP contribution is -2.26. The number of allylic oxidation sites excluding steroid dienone is 2. The second-order valence-corrected chi connectivity index (χ2v) is 6.65. The van der Waals surface area contributed by atoms with Gasteiger partial charge in [0.25, 0.3) is 0 Å². The third kappa shape index (κ3) is 4.06. The molecule has 5 nitrogen and oxygen atoms in total. The molecule has 0 spiro atoms. The molecule has 1 aromatic rings. The van der Waals surface area contributed by atoms with Crippen LogP contribution in [0.5, 0.6) is 0 Å². The van der Waals surface area contributed by atoms with Crippen LogP contribution in [-0.4, -0.2) is 30.1 Å².